The lowest BCUT2D eigenvalue weighted by Gasteiger charge is -2.04. The summed E-state index contributed by atoms with van der Waals surface area (Å²) in [6.45, 7) is 3.21. The van der Waals surface area contributed by atoms with Crippen molar-refractivity contribution >= 4 is 17.2 Å². The molecule has 0 aliphatic rings. The molecule has 0 saturated heterocycles. The minimum atomic E-state index is 0.00227. The van der Waals surface area contributed by atoms with E-state index in [1.54, 1.807) is 22.2 Å². The van der Waals surface area contributed by atoms with Gasteiger partial charge < -0.3 is 5.32 Å². The van der Waals surface area contributed by atoms with E-state index in [1.807, 2.05) is 24.6 Å². The van der Waals surface area contributed by atoms with Crippen molar-refractivity contribution in [2.75, 3.05) is 6.54 Å². The van der Waals surface area contributed by atoms with Crippen molar-refractivity contribution in [1.82, 2.24) is 20.1 Å². The molecule has 0 bridgehead atoms. The summed E-state index contributed by atoms with van der Waals surface area (Å²) in [6.07, 6.45) is 3.94. The molecule has 2 aromatic heterocycles. The van der Waals surface area contributed by atoms with Crippen LogP contribution in [0.2, 0.25) is 0 Å². The Hall–Kier alpha value is -1.69. The number of aryl methyl sites for hydroxylation is 1. The van der Waals surface area contributed by atoms with Gasteiger partial charge in [-0.3, -0.25) is 9.48 Å². The first kappa shape index (κ1) is 11.8. The summed E-state index contributed by atoms with van der Waals surface area (Å²) in [5.74, 6) is 0.00227. The quantitative estimate of drug-likeness (QED) is 0.861. The number of aromatic nitrogens is 3. The van der Waals surface area contributed by atoms with Gasteiger partial charge in [0.25, 0.3) is 0 Å². The first-order valence-corrected chi connectivity index (χ1v) is 6.27. The predicted octanol–water partition coefficient (Wildman–Crippen LogP) is 1.01. The average molecular weight is 250 g/mol. The highest BCUT2D eigenvalue weighted by molar-refractivity contribution is 7.09. The normalized spacial score (nSPS) is 10.4. The molecule has 0 radical (unpaired) electrons. The summed E-state index contributed by atoms with van der Waals surface area (Å²) >= 11 is 1.56. The maximum Gasteiger partial charge on any atom is 0.226 e. The largest absolute Gasteiger partial charge is 0.354 e. The van der Waals surface area contributed by atoms with Crippen LogP contribution in [0.3, 0.4) is 0 Å². The molecule has 17 heavy (non-hydrogen) atoms. The van der Waals surface area contributed by atoms with Crippen LogP contribution in [0.5, 0.6) is 0 Å². The van der Waals surface area contributed by atoms with E-state index in [2.05, 4.69) is 15.4 Å². The Morgan fingerprint density at radius 1 is 1.59 bits per heavy atom. The Balaban J connectivity index is 1.71. The fraction of sp³-hybridized carbons (Fsp3) is 0.364. The number of thiazole rings is 1. The molecule has 0 saturated carbocycles. The number of hydrogen-bond donors (Lipinski definition) is 1. The average Bonchev–Trinajstić information content (AvgIpc) is 2.90. The van der Waals surface area contributed by atoms with Crippen LogP contribution < -0.4 is 5.32 Å². The van der Waals surface area contributed by atoms with Gasteiger partial charge in [-0.15, -0.1) is 11.3 Å². The highest BCUT2D eigenvalue weighted by Gasteiger charge is 2.05. The first-order valence-electron chi connectivity index (χ1n) is 5.39. The zero-order valence-electron chi connectivity index (χ0n) is 9.59. The smallest absolute Gasteiger partial charge is 0.226 e. The highest BCUT2D eigenvalue weighted by Crippen LogP contribution is 2.07. The zero-order valence-corrected chi connectivity index (χ0v) is 10.4. The third-order valence-electron chi connectivity index (χ3n) is 2.23. The van der Waals surface area contributed by atoms with Crippen LogP contribution >= 0.6 is 11.3 Å². The monoisotopic (exact) mass is 250 g/mol. The molecular formula is C11H14N4OS. The summed E-state index contributed by atoms with van der Waals surface area (Å²) in [5.41, 5.74) is 0.837. The molecule has 0 unspecified atom stereocenters. The molecule has 0 aliphatic carbocycles. The number of nitrogens with one attached hydrogen (secondary N) is 1. The first-order chi connectivity index (χ1) is 8.24. The van der Waals surface area contributed by atoms with Crippen molar-refractivity contribution in [3.05, 3.63) is 34.5 Å². The van der Waals surface area contributed by atoms with Gasteiger partial charge in [-0.1, -0.05) is 0 Å². The molecule has 0 aromatic carbocycles. The van der Waals surface area contributed by atoms with Gasteiger partial charge in [0.15, 0.2) is 0 Å². The zero-order chi connectivity index (χ0) is 12.1. The fourth-order valence-electron chi connectivity index (χ4n) is 1.46. The Morgan fingerprint density at radius 3 is 3.12 bits per heavy atom. The molecule has 0 atom stereocenters. The van der Waals surface area contributed by atoms with Crippen LogP contribution in [0.15, 0.2) is 23.8 Å². The Kier molecular flexibility index (Phi) is 3.87. The molecular weight excluding hydrogens is 236 g/mol. The predicted molar refractivity (Wildman–Crippen MR) is 65.8 cm³/mol. The number of nitrogens with zero attached hydrogens (tertiary/aromatic N) is 3. The van der Waals surface area contributed by atoms with Crippen molar-refractivity contribution in [3.8, 4) is 0 Å². The second-order valence-corrected chi connectivity index (χ2v) is 4.72. The van der Waals surface area contributed by atoms with Gasteiger partial charge in [-0.25, -0.2) is 4.98 Å². The van der Waals surface area contributed by atoms with Crippen molar-refractivity contribution in [2.45, 2.75) is 19.9 Å². The third-order valence-corrected chi connectivity index (χ3v) is 3.05. The minimum absolute atomic E-state index is 0.00227. The molecule has 0 aliphatic heterocycles. The second-order valence-electron chi connectivity index (χ2n) is 3.65. The Morgan fingerprint density at radius 2 is 2.47 bits per heavy atom. The molecule has 2 rings (SSSR count). The molecule has 0 fully saturated rings. The van der Waals surface area contributed by atoms with E-state index < -0.39 is 0 Å². The number of hydrogen-bond acceptors (Lipinski definition) is 4. The molecule has 2 heterocycles. The molecule has 5 nitrogen and oxygen atoms in total. The van der Waals surface area contributed by atoms with Crippen molar-refractivity contribution < 1.29 is 4.79 Å². The summed E-state index contributed by atoms with van der Waals surface area (Å²) in [6, 6.07) is 1.86. The van der Waals surface area contributed by atoms with Gasteiger partial charge in [0.05, 0.1) is 23.7 Å². The van der Waals surface area contributed by atoms with E-state index in [-0.39, 0.29) is 5.91 Å². The molecule has 0 spiro atoms. The maximum atomic E-state index is 11.6. The lowest BCUT2D eigenvalue weighted by atomic mass is 10.3. The van der Waals surface area contributed by atoms with Gasteiger partial charge >= 0.3 is 0 Å². The van der Waals surface area contributed by atoms with E-state index in [4.69, 9.17) is 0 Å². The lowest BCUT2D eigenvalue weighted by Crippen LogP contribution is -2.28. The SMILES string of the molecule is Cc1nc(CC(=O)NCCn2cccn2)cs1. The van der Waals surface area contributed by atoms with Crippen molar-refractivity contribution in [2.24, 2.45) is 0 Å². The van der Waals surface area contributed by atoms with E-state index in [0.717, 1.165) is 10.7 Å². The Labute approximate surface area is 103 Å². The maximum absolute atomic E-state index is 11.6. The molecule has 1 amide bonds. The van der Waals surface area contributed by atoms with E-state index in [0.29, 0.717) is 19.5 Å². The summed E-state index contributed by atoms with van der Waals surface area (Å²) in [7, 11) is 0. The van der Waals surface area contributed by atoms with Gasteiger partial charge in [0, 0.05) is 24.3 Å². The summed E-state index contributed by atoms with van der Waals surface area (Å²) in [4.78, 5) is 15.8. The molecule has 1 N–H and O–H groups in total. The number of carbonyl (C=O) groups excluding carboxylic acids is 1. The molecule has 2 aromatic rings. The van der Waals surface area contributed by atoms with E-state index >= 15 is 0 Å². The number of rotatable bonds is 5. The number of carbonyl (C=O) groups is 1. The second kappa shape index (κ2) is 5.58. The van der Waals surface area contributed by atoms with Gasteiger partial charge in [0.1, 0.15) is 0 Å². The van der Waals surface area contributed by atoms with Crippen LogP contribution in [0, 0.1) is 6.92 Å². The van der Waals surface area contributed by atoms with Gasteiger partial charge in [0.2, 0.25) is 5.91 Å². The summed E-state index contributed by atoms with van der Waals surface area (Å²) in [5, 5.41) is 9.81. The van der Waals surface area contributed by atoms with Crippen LogP contribution in [0.25, 0.3) is 0 Å². The van der Waals surface area contributed by atoms with E-state index in [9.17, 15) is 4.79 Å². The molecule has 90 valence electrons. The van der Waals surface area contributed by atoms with Crippen LogP contribution in [-0.4, -0.2) is 27.2 Å². The van der Waals surface area contributed by atoms with Crippen LogP contribution in [0.4, 0.5) is 0 Å². The van der Waals surface area contributed by atoms with Gasteiger partial charge in [-0.05, 0) is 13.0 Å². The lowest BCUT2D eigenvalue weighted by molar-refractivity contribution is -0.120. The molecule has 6 heteroatoms. The standard InChI is InChI=1S/C11H14N4OS/c1-9-14-10(8-17-9)7-11(16)12-4-6-15-5-2-3-13-15/h2-3,5,8H,4,6-7H2,1H3,(H,12,16). The van der Waals surface area contributed by atoms with Crippen LogP contribution in [-0.2, 0) is 17.8 Å². The Bertz CT molecular complexity index is 477. The fourth-order valence-corrected chi connectivity index (χ4v) is 2.07. The summed E-state index contributed by atoms with van der Waals surface area (Å²) < 4.78 is 1.78. The van der Waals surface area contributed by atoms with Crippen molar-refractivity contribution in [3.63, 3.8) is 0 Å². The number of amides is 1. The highest BCUT2D eigenvalue weighted by atomic mass is 32.1. The minimum Gasteiger partial charge on any atom is -0.354 e. The topological polar surface area (TPSA) is 59.8 Å². The third kappa shape index (κ3) is 3.67. The van der Waals surface area contributed by atoms with Gasteiger partial charge in [-0.2, -0.15) is 5.10 Å². The van der Waals surface area contributed by atoms with Crippen molar-refractivity contribution in [1.29, 1.82) is 0 Å². The van der Waals surface area contributed by atoms with Crippen LogP contribution in [0.1, 0.15) is 10.7 Å². The van der Waals surface area contributed by atoms with E-state index in [1.165, 1.54) is 0 Å².